The van der Waals surface area contributed by atoms with Crippen LogP contribution < -0.4 is 4.90 Å². The summed E-state index contributed by atoms with van der Waals surface area (Å²) in [4.78, 5) is 15.8. The summed E-state index contributed by atoms with van der Waals surface area (Å²) < 4.78 is 9.71. The molecule has 3 aliphatic rings. The van der Waals surface area contributed by atoms with E-state index < -0.39 is 0 Å². The number of carbonyl (C=O) groups is 1. The van der Waals surface area contributed by atoms with Gasteiger partial charge < -0.3 is 14.5 Å². The van der Waals surface area contributed by atoms with E-state index in [-0.39, 0.29) is 6.04 Å². The van der Waals surface area contributed by atoms with Crippen LogP contribution in [0.25, 0.3) is 11.1 Å². The van der Waals surface area contributed by atoms with Crippen LogP contribution >= 0.6 is 0 Å². The van der Waals surface area contributed by atoms with Crippen molar-refractivity contribution in [2.75, 3.05) is 31.2 Å². The molecule has 0 N–H and O–H groups in total. The van der Waals surface area contributed by atoms with Gasteiger partial charge in [-0.25, -0.2) is 0 Å². The van der Waals surface area contributed by atoms with E-state index in [0.717, 1.165) is 69.8 Å². The number of fused-ring (bicyclic) bond motifs is 2. The summed E-state index contributed by atoms with van der Waals surface area (Å²) in [6.45, 7) is 7.82. The van der Waals surface area contributed by atoms with E-state index in [0.29, 0.717) is 6.54 Å². The van der Waals surface area contributed by atoms with Crippen LogP contribution in [-0.4, -0.2) is 57.2 Å². The molecular weight excluding hydrogens is 428 g/mol. The number of hydrogen-bond acceptors (Lipinski definition) is 5. The predicted octanol–water partition coefficient (Wildman–Crippen LogP) is 3.87. The molecule has 3 aromatic rings. The molecular formula is C26H34N6O2. The second kappa shape index (κ2) is 9.62. The van der Waals surface area contributed by atoms with Gasteiger partial charge in [-0.2, -0.15) is 10.2 Å². The second-order valence-corrected chi connectivity index (χ2v) is 9.04. The van der Waals surface area contributed by atoms with Gasteiger partial charge in [0.15, 0.2) is 5.82 Å². The molecule has 1 atom stereocenters. The summed E-state index contributed by atoms with van der Waals surface area (Å²) in [7, 11) is 1.95. The Hall–Kier alpha value is -3.13. The largest absolute Gasteiger partial charge is 0.379 e. The molecule has 1 unspecified atom stereocenters. The highest BCUT2D eigenvalue weighted by Crippen LogP contribution is 2.40. The van der Waals surface area contributed by atoms with Crippen LogP contribution in [0.3, 0.4) is 0 Å². The van der Waals surface area contributed by atoms with E-state index in [2.05, 4.69) is 39.1 Å². The number of amides is 1. The zero-order valence-electron chi connectivity index (χ0n) is 20.4. The molecule has 1 aromatic carbocycles. The Morgan fingerprint density at radius 3 is 2.76 bits per heavy atom. The third-order valence-electron chi connectivity index (χ3n) is 6.99. The Morgan fingerprint density at radius 2 is 2.03 bits per heavy atom. The highest BCUT2D eigenvalue weighted by molar-refractivity contribution is 5.74. The SMILES string of the molecule is CC.Cn1cc(-c2ccc3c(c2)CCCN3c2nn(C3CCOC3)c3c2CN(C=O)CC3)cn1. The minimum atomic E-state index is 0.289. The van der Waals surface area contributed by atoms with Crippen molar-refractivity contribution in [3.8, 4) is 11.1 Å². The van der Waals surface area contributed by atoms with Crippen molar-refractivity contribution in [2.45, 2.75) is 52.1 Å². The number of aromatic nitrogens is 4. The smallest absolute Gasteiger partial charge is 0.210 e. The quantitative estimate of drug-likeness (QED) is 0.551. The number of nitrogens with zero attached hydrogens (tertiary/aromatic N) is 6. The third-order valence-corrected chi connectivity index (χ3v) is 6.99. The average Bonchev–Trinajstić information content (AvgIpc) is 3.64. The van der Waals surface area contributed by atoms with Gasteiger partial charge in [-0.3, -0.25) is 14.2 Å². The summed E-state index contributed by atoms with van der Waals surface area (Å²) in [5.74, 6) is 1.01. The normalized spacial score (nSPS) is 19.3. The Morgan fingerprint density at radius 1 is 1.15 bits per heavy atom. The van der Waals surface area contributed by atoms with Gasteiger partial charge >= 0.3 is 0 Å². The minimum absolute atomic E-state index is 0.289. The van der Waals surface area contributed by atoms with Crippen LogP contribution in [0.2, 0.25) is 0 Å². The zero-order valence-corrected chi connectivity index (χ0v) is 20.4. The molecule has 1 saturated heterocycles. The summed E-state index contributed by atoms with van der Waals surface area (Å²) in [5, 5.41) is 9.48. The standard InChI is InChI=1S/C24H28N6O2.C2H6/c1-27-13-19(12-25-27)17-4-5-22-18(11-17)3-2-8-29(22)24-21-14-28(16-31)9-6-23(21)30(26-24)20-7-10-32-15-20;1-2/h4-5,11-13,16,20H,2-3,6-10,14-15H2,1H3;1-2H3. The first kappa shape index (κ1) is 22.7. The lowest BCUT2D eigenvalue weighted by atomic mass is 9.96. The Kier molecular flexibility index (Phi) is 6.41. The van der Waals surface area contributed by atoms with Gasteiger partial charge in [-0.15, -0.1) is 0 Å². The first-order valence-corrected chi connectivity index (χ1v) is 12.5. The zero-order chi connectivity index (χ0) is 23.7. The third kappa shape index (κ3) is 4.00. The molecule has 2 aromatic heterocycles. The topological polar surface area (TPSA) is 68.4 Å². The van der Waals surface area contributed by atoms with E-state index in [9.17, 15) is 4.79 Å². The van der Waals surface area contributed by atoms with Crippen molar-refractivity contribution in [1.82, 2.24) is 24.5 Å². The van der Waals surface area contributed by atoms with Crippen LogP contribution in [-0.2, 0) is 36.0 Å². The van der Waals surface area contributed by atoms with Crippen molar-refractivity contribution in [1.29, 1.82) is 0 Å². The maximum atomic E-state index is 11.6. The van der Waals surface area contributed by atoms with E-state index in [1.807, 2.05) is 36.7 Å². The van der Waals surface area contributed by atoms with Gasteiger partial charge in [0, 0.05) is 61.9 Å². The molecule has 0 aliphatic carbocycles. The number of carbonyl (C=O) groups excluding carboxylic acids is 1. The summed E-state index contributed by atoms with van der Waals surface area (Å²) in [5.41, 5.74) is 7.36. The molecule has 6 rings (SSSR count). The maximum absolute atomic E-state index is 11.6. The fraction of sp³-hybridized carbons (Fsp3) is 0.500. The first-order chi connectivity index (χ1) is 16.7. The minimum Gasteiger partial charge on any atom is -0.379 e. The molecule has 0 bridgehead atoms. The average molecular weight is 463 g/mol. The highest BCUT2D eigenvalue weighted by atomic mass is 16.5. The van der Waals surface area contributed by atoms with Crippen LogP contribution in [0.4, 0.5) is 11.5 Å². The summed E-state index contributed by atoms with van der Waals surface area (Å²) >= 11 is 0. The molecule has 1 fully saturated rings. The predicted molar refractivity (Wildman–Crippen MR) is 132 cm³/mol. The van der Waals surface area contributed by atoms with Gasteiger partial charge in [0.2, 0.25) is 6.41 Å². The van der Waals surface area contributed by atoms with Gasteiger partial charge in [0.25, 0.3) is 0 Å². The van der Waals surface area contributed by atoms with Crippen LogP contribution in [0, 0.1) is 0 Å². The maximum Gasteiger partial charge on any atom is 0.210 e. The molecule has 8 heteroatoms. The van der Waals surface area contributed by atoms with Gasteiger partial charge in [0.1, 0.15) is 0 Å². The molecule has 8 nitrogen and oxygen atoms in total. The Labute approximate surface area is 201 Å². The fourth-order valence-corrected chi connectivity index (χ4v) is 5.34. The van der Waals surface area contributed by atoms with E-state index in [4.69, 9.17) is 9.84 Å². The van der Waals surface area contributed by atoms with Crippen LogP contribution in [0.1, 0.15) is 49.6 Å². The van der Waals surface area contributed by atoms with Crippen molar-refractivity contribution < 1.29 is 9.53 Å². The lowest BCUT2D eigenvalue weighted by Gasteiger charge is -2.32. The number of hydrogen-bond donors (Lipinski definition) is 0. The van der Waals surface area contributed by atoms with E-state index in [1.165, 1.54) is 28.1 Å². The summed E-state index contributed by atoms with van der Waals surface area (Å²) in [6, 6.07) is 6.99. The lowest BCUT2D eigenvalue weighted by Crippen LogP contribution is -2.32. The monoisotopic (exact) mass is 462 g/mol. The Balaban J connectivity index is 0.00000117. The summed E-state index contributed by atoms with van der Waals surface area (Å²) in [6.07, 6.45) is 8.91. The fourth-order valence-electron chi connectivity index (χ4n) is 5.34. The second-order valence-electron chi connectivity index (χ2n) is 9.04. The molecule has 0 radical (unpaired) electrons. The number of rotatable bonds is 4. The number of benzene rings is 1. The van der Waals surface area contributed by atoms with E-state index >= 15 is 0 Å². The van der Waals surface area contributed by atoms with E-state index in [1.54, 1.807) is 0 Å². The molecule has 34 heavy (non-hydrogen) atoms. The highest BCUT2D eigenvalue weighted by Gasteiger charge is 2.33. The van der Waals surface area contributed by atoms with Crippen molar-refractivity contribution in [3.63, 3.8) is 0 Å². The van der Waals surface area contributed by atoms with Gasteiger partial charge in [0.05, 0.1) is 25.4 Å². The van der Waals surface area contributed by atoms with Crippen LogP contribution in [0.5, 0.6) is 0 Å². The van der Waals surface area contributed by atoms with Crippen molar-refractivity contribution >= 4 is 17.9 Å². The number of ether oxygens (including phenoxy) is 1. The molecule has 3 aliphatic heterocycles. The molecule has 0 saturated carbocycles. The van der Waals surface area contributed by atoms with Gasteiger partial charge in [-0.05, 0) is 42.5 Å². The van der Waals surface area contributed by atoms with Crippen LogP contribution in [0.15, 0.2) is 30.6 Å². The van der Waals surface area contributed by atoms with Crippen molar-refractivity contribution in [3.05, 3.63) is 47.4 Å². The number of anilines is 2. The Bertz CT molecular complexity index is 1160. The molecule has 5 heterocycles. The molecule has 1 amide bonds. The van der Waals surface area contributed by atoms with Crippen molar-refractivity contribution in [2.24, 2.45) is 7.05 Å². The number of aryl methyl sites for hydroxylation is 2. The van der Waals surface area contributed by atoms with Gasteiger partial charge in [-0.1, -0.05) is 19.9 Å². The first-order valence-electron chi connectivity index (χ1n) is 12.5. The lowest BCUT2D eigenvalue weighted by molar-refractivity contribution is -0.118. The molecule has 180 valence electrons. The molecule has 0 spiro atoms.